The van der Waals surface area contributed by atoms with Crippen molar-refractivity contribution in [1.29, 1.82) is 0 Å². The number of benzene rings is 2. The molecule has 1 unspecified atom stereocenters. The number of fused-ring (bicyclic) bond motifs is 1. The molecule has 0 fully saturated rings. The smallest absolute Gasteiger partial charge is 0.410 e. The van der Waals surface area contributed by atoms with E-state index < -0.39 is 27.3 Å². The summed E-state index contributed by atoms with van der Waals surface area (Å²) >= 11 is 5.38. The lowest BCUT2D eigenvalue weighted by Crippen LogP contribution is -2.16. The fourth-order valence-corrected chi connectivity index (χ4v) is 6.03. The van der Waals surface area contributed by atoms with E-state index in [1.807, 2.05) is 0 Å². The van der Waals surface area contributed by atoms with Crippen molar-refractivity contribution in [2.75, 3.05) is 10.0 Å². The van der Waals surface area contributed by atoms with Crippen molar-refractivity contribution in [3.05, 3.63) is 64.6 Å². The van der Waals surface area contributed by atoms with Gasteiger partial charge in [-0.25, -0.2) is 9.78 Å². The molecule has 1 amide bonds. The van der Waals surface area contributed by atoms with Crippen LogP contribution in [-0.2, 0) is 27.0 Å². The number of sulfonamides is 1. The predicted octanol–water partition coefficient (Wildman–Crippen LogP) is 4.74. The van der Waals surface area contributed by atoms with E-state index in [1.54, 1.807) is 29.6 Å². The average Bonchev–Trinajstić information content (AvgIpc) is 3.34. The molecule has 0 saturated heterocycles. The van der Waals surface area contributed by atoms with Crippen molar-refractivity contribution in [1.82, 2.24) is 4.98 Å². The highest BCUT2D eigenvalue weighted by Gasteiger charge is 2.25. The summed E-state index contributed by atoms with van der Waals surface area (Å²) in [5.41, 5.74) is 0.839. The van der Waals surface area contributed by atoms with Gasteiger partial charge in [-0.2, -0.15) is 8.42 Å². The highest BCUT2D eigenvalue weighted by atomic mass is 35.5. The zero-order chi connectivity index (χ0) is 22.9. The topological polar surface area (TPSA) is 145 Å². The molecule has 3 N–H and O–H groups in total. The fourth-order valence-electron chi connectivity index (χ4n) is 2.80. The van der Waals surface area contributed by atoms with Crippen LogP contribution in [0.3, 0.4) is 0 Å². The van der Waals surface area contributed by atoms with Gasteiger partial charge in [0.1, 0.15) is 17.0 Å². The average molecular weight is 512 g/mol. The summed E-state index contributed by atoms with van der Waals surface area (Å²) in [6, 6.07) is 12.6. The Bertz CT molecular complexity index is 1370. The first-order valence-electron chi connectivity index (χ1n) is 8.85. The van der Waals surface area contributed by atoms with Crippen LogP contribution >= 0.6 is 22.9 Å². The van der Waals surface area contributed by atoms with Crippen LogP contribution in [0, 0.1) is 0 Å². The largest absolute Gasteiger partial charge is 0.611 e. The highest BCUT2D eigenvalue weighted by Crippen LogP contribution is 2.31. The first-order chi connectivity index (χ1) is 15.2. The van der Waals surface area contributed by atoms with Gasteiger partial charge in [-0.05, 0) is 35.4 Å². The number of furan rings is 1. The van der Waals surface area contributed by atoms with Gasteiger partial charge in [-0.15, -0.1) is 11.3 Å². The lowest BCUT2D eigenvalue weighted by molar-refractivity contribution is 0.209. The maximum atomic E-state index is 13.0. The maximum Gasteiger partial charge on any atom is 0.410 e. The van der Waals surface area contributed by atoms with E-state index in [-0.39, 0.29) is 31.6 Å². The van der Waals surface area contributed by atoms with Crippen LogP contribution in [0.15, 0.2) is 68.3 Å². The number of para-hydroxylation sites is 1. The normalized spacial score (nSPS) is 12.6. The lowest BCUT2D eigenvalue weighted by Gasteiger charge is -2.14. The van der Waals surface area contributed by atoms with Crippen molar-refractivity contribution in [2.24, 2.45) is 0 Å². The Kier molecular flexibility index (Phi) is 6.31. The molecule has 0 radical (unpaired) electrons. The van der Waals surface area contributed by atoms with Gasteiger partial charge >= 0.3 is 6.09 Å². The van der Waals surface area contributed by atoms with Gasteiger partial charge in [-0.3, -0.25) is 10.0 Å². The molecule has 2 heterocycles. The van der Waals surface area contributed by atoms with Gasteiger partial charge < -0.3 is 14.1 Å². The summed E-state index contributed by atoms with van der Waals surface area (Å²) in [7, 11) is -4.13. The molecule has 32 heavy (non-hydrogen) atoms. The SMILES string of the molecule is O=C(O)Nc1nc(C[S+]([O-])c2ccc(Cl)cc2NS(=O)(=O)c2cc3ccccc3o2)cs1. The van der Waals surface area contributed by atoms with Crippen molar-refractivity contribution in [3.8, 4) is 0 Å². The maximum absolute atomic E-state index is 13.0. The number of rotatable bonds is 7. The van der Waals surface area contributed by atoms with Gasteiger partial charge in [0.25, 0.3) is 10.0 Å². The monoisotopic (exact) mass is 511 g/mol. The molecule has 166 valence electrons. The Balaban J connectivity index is 1.60. The minimum Gasteiger partial charge on any atom is -0.611 e. The second-order valence-corrected chi connectivity index (χ2v) is 10.7. The standard InChI is InChI=1S/C19H14ClN3O6S3/c20-12-5-6-16(31(26)10-13-9-30-18(21-13)22-19(24)25)14(8-12)23-32(27,28)17-7-11-3-1-2-4-15(11)29-17/h1-9,23H,10H2,(H,21,22)(H,24,25). The van der Waals surface area contributed by atoms with E-state index in [0.29, 0.717) is 16.7 Å². The van der Waals surface area contributed by atoms with Crippen LogP contribution in [0.5, 0.6) is 0 Å². The van der Waals surface area contributed by atoms with E-state index in [0.717, 1.165) is 11.3 Å². The van der Waals surface area contributed by atoms with Crippen LogP contribution in [0.4, 0.5) is 15.6 Å². The summed E-state index contributed by atoms with van der Waals surface area (Å²) in [4.78, 5) is 15.0. The molecule has 2 aromatic heterocycles. The zero-order valence-electron chi connectivity index (χ0n) is 15.9. The number of nitrogens with one attached hydrogen (secondary N) is 2. The predicted molar refractivity (Wildman–Crippen MR) is 122 cm³/mol. The van der Waals surface area contributed by atoms with Gasteiger partial charge in [0.15, 0.2) is 15.8 Å². The minimum atomic E-state index is -4.13. The quantitative estimate of drug-likeness (QED) is 0.304. The number of carbonyl (C=O) groups is 1. The number of nitrogens with zero attached hydrogens (tertiary/aromatic N) is 1. The number of aromatic nitrogens is 1. The Morgan fingerprint density at radius 2 is 2.03 bits per heavy atom. The van der Waals surface area contributed by atoms with E-state index in [1.165, 1.54) is 24.3 Å². The van der Waals surface area contributed by atoms with Gasteiger partial charge in [0.05, 0.1) is 0 Å². The summed E-state index contributed by atoms with van der Waals surface area (Å²) in [5, 5.41) is 13.2. The molecule has 4 rings (SSSR count). The van der Waals surface area contributed by atoms with Crippen molar-refractivity contribution in [2.45, 2.75) is 15.7 Å². The number of thiazole rings is 1. The molecular formula is C19H14ClN3O6S3. The molecule has 2 aromatic carbocycles. The fraction of sp³-hybridized carbons (Fsp3) is 0.0526. The minimum absolute atomic E-state index is 0.0374. The van der Waals surface area contributed by atoms with Gasteiger partial charge in [0.2, 0.25) is 5.09 Å². The molecule has 9 nitrogen and oxygen atoms in total. The summed E-state index contributed by atoms with van der Waals surface area (Å²) in [6.07, 6.45) is -1.26. The molecule has 1 atom stereocenters. The molecule has 0 aliphatic rings. The summed E-state index contributed by atoms with van der Waals surface area (Å²) in [5.74, 6) is -0.0567. The number of hydrogen-bond acceptors (Lipinski definition) is 7. The van der Waals surface area contributed by atoms with Gasteiger partial charge in [0, 0.05) is 21.9 Å². The number of halogens is 1. The molecule has 0 spiro atoms. The van der Waals surface area contributed by atoms with E-state index in [4.69, 9.17) is 21.1 Å². The third-order valence-corrected chi connectivity index (χ3v) is 7.81. The van der Waals surface area contributed by atoms with Crippen LogP contribution in [-0.4, -0.2) is 29.2 Å². The third kappa shape index (κ3) is 5.00. The number of carboxylic acid groups (broad SMARTS) is 1. The van der Waals surface area contributed by atoms with Crippen molar-refractivity contribution < 1.29 is 27.3 Å². The van der Waals surface area contributed by atoms with E-state index in [2.05, 4.69) is 15.0 Å². The summed E-state index contributed by atoms with van der Waals surface area (Å²) < 4.78 is 46.6. The second-order valence-electron chi connectivity index (χ2n) is 6.41. The Morgan fingerprint density at radius 3 is 2.78 bits per heavy atom. The molecule has 4 aromatic rings. The van der Waals surface area contributed by atoms with Crippen molar-refractivity contribution >= 4 is 72.0 Å². The van der Waals surface area contributed by atoms with Crippen LogP contribution in [0.2, 0.25) is 5.02 Å². The summed E-state index contributed by atoms with van der Waals surface area (Å²) in [6.45, 7) is 0. The molecule has 0 aliphatic heterocycles. The lowest BCUT2D eigenvalue weighted by atomic mass is 10.3. The number of hydrogen-bond donors (Lipinski definition) is 3. The van der Waals surface area contributed by atoms with Crippen LogP contribution in [0.25, 0.3) is 11.0 Å². The second kappa shape index (κ2) is 9.00. The zero-order valence-corrected chi connectivity index (χ0v) is 19.1. The van der Waals surface area contributed by atoms with E-state index in [9.17, 15) is 17.8 Å². The Morgan fingerprint density at radius 1 is 1.25 bits per heavy atom. The van der Waals surface area contributed by atoms with Crippen LogP contribution < -0.4 is 10.0 Å². The van der Waals surface area contributed by atoms with Crippen molar-refractivity contribution in [3.63, 3.8) is 0 Å². The molecule has 13 heteroatoms. The number of amides is 1. The van der Waals surface area contributed by atoms with E-state index >= 15 is 0 Å². The molecule has 0 saturated carbocycles. The highest BCUT2D eigenvalue weighted by molar-refractivity contribution is 7.93. The first-order valence-corrected chi connectivity index (χ1v) is 12.9. The first kappa shape index (κ1) is 22.4. The third-order valence-electron chi connectivity index (χ3n) is 4.14. The Labute approximate surface area is 194 Å². The molecular weight excluding hydrogens is 498 g/mol. The Hall–Kier alpha value is -2.77. The number of anilines is 2. The van der Waals surface area contributed by atoms with Gasteiger partial charge in [-0.1, -0.05) is 29.8 Å². The molecule has 0 aliphatic carbocycles. The molecule has 0 bridgehead atoms. The van der Waals surface area contributed by atoms with Crippen LogP contribution in [0.1, 0.15) is 5.69 Å².